The molecule has 0 saturated heterocycles. The smallest absolute Gasteiger partial charge is 0.261 e. The van der Waals surface area contributed by atoms with Gasteiger partial charge in [-0.2, -0.15) is 0 Å². The molecule has 6 heteroatoms. The number of halogens is 1. The molecule has 200 valence electrons. The van der Waals surface area contributed by atoms with Crippen LogP contribution in [0.3, 0.4) is 0 Å². The SMILES string of the molecule is CC(C)c1ccc(OCC(=O)N(Cc2ccc(Cl)cc2)C(Cc2ccccc2)C(=O)NC2CCCC2)cc1. The maximum absolute atomic E-state index is 13.7. The van der Waals surface area contributed by atoms with Crippen LogP contribution in [-0.2, 0) is 22.6 Å². The summed E-state index contributed by atoms with van der Waals surface area (Å²) in [5.74, 6) is 0.682. The minimum absolute atomic E-state index is 0.121. The highest BCUT2D eigenvalue weighted by atomic mass is 35.5. The van der Waals surface area contributed by atoms with Crippen LogP contribution in [0.25, 0.3) is 0 Å². The second kappa shape index (κ2) is 13.5. The largest absolute Gasteiger partial charge is 0.484 e. The van der Waals surface area contributed by atoms with Gasteiger partial charge in [-0.05, 0) is 59.7 Å². The summed E-state index contributed by atoms with van der Waals surface area (Å²) in [6.45, 7) is 4.40. The molecule has 0 aromatic heterocycles. The zero-order chi connectivity index (χ0) is 26.9. The molecule has 1 N–H and O–H groups in total. The molecule has 1 atom stereocenters. The van der Waals surface area contributed by atoms with Crippen molar-refractivity contribution in [2.75, 3.05) is 6.61 Å². The number of amides is 2. The molecule has 1 aliphatic carbocycles. The van der Waals surface area contributed by atoms with Gasteiger partial charge in [0.25, 0.3) is 5.91 Å². The molecule has 0 heterocycles. The zero-order valence-electron chi connectivity index (χ0n) is 22.2. The molecule has 3 aromatic rings. The highest BCUT2D eigenvalue weighted by Gasteiger charge is 2.32. The van der Waals surface area contributed by atoms with E-state index in [0.717, 1.165) is 36.8 Å². The number of hydrogen-bond donors (Lipinski definition) is 1. The Labute approximate surface area is 231 Å². The van der Waals surface area contributed by atoms with Crippen LogP contribution in [0.4, 0.5) is 0 Å². The van der Waals surface area contributed by atoms with Crippen molar-refractivity contribution in [3.05, 3.63) is 101 Å². The Morgan fingerprint density at radius 2 is 1.58 bits per heavy atom. The van der Waals surface area contributed by atoms with Crippen molar-refractivity contribution in [1.29, 1.82) is 0 Å². The quantitative estimate of drug-likeness (QED) is 0.305. The summed E-state index contributed by atoms with van der Waals surface area (Å²) in [6, 6.07) is 24.5. The first-order valence-corrected chi connectivity index (χ1v) is 13.9. The number of nitrogens with one attached hydrogen (secondary N) is 1. The summed E-state index contributed by atoms with van der Waals surface area (Å²) in [7, 11) is 0. The molecule has 1 aliphatic rings. The Balaban J connectivity index is 1.58. The maximum Gasteiger partial charge on any atom is 0.261 e. The van der Waals surface area contributed by atoms with Crippen molar-refractivity contribution in [1.82, 2.24) is 10.2 Å². The molecule has 4 rings (SSSR count). The van der Waals surface area contributed by atoms with E-state index >= 15 is 0 Å². The fourth-order valence-corrected chi connectivity index (χ4v) is 5.01. The standard InChI is InChI=1S/C32H37ClN2O3/c1-23(2)26-14-18-29(19-15-26)38-22-31(36)35(21-25-12-16-27(33)17-13-25)30(20-24-8-4-3-5-9-24)32(37)34-28-10-6-7-11-28/h3-5,8-9,12-19,23,28,30H,6-7,10-11,20-22H2,1-2H3,(H,34,37). The molecular formula is C32H37ClN2O3. The topological polar surface area (TPSA) is 58.6 Å². The van der Waals surface area contributed by atoms with Crippen molar-refractivity contribution in [3.63, 3.8) is 0 Å². The van der Waals surface area contributed by atoms with E-state index in [-0.39, 0.29) is 31.0 Å². The van der Waals surface area contributed by atoms with Crippen LogP contribution < -0.4 is 10.1 Å². The third-order valence-electron chi connectivity index (χ3n) is 7.15. The fourth-order valence-electron chi connectivity index (χ4n) is 4.88. The number of carbonyl (C=O) groups excluding carboxylic acids is 2. The van der Waals surface area contributed by atoms with Crippen LogP contribution in [0.2, 0.25) is 5.02 Å². The monoisotopic (exact) mass is 532 g/mol. The lowest BCUT2D eigenvalue weighted by Gasteiger charge is -2.32. The first-order valence-electron chi connectivity index (χ1n) is 13.5. The molecule has 1 fully saturated rings. The third kappa shape index (κ3) is 7.84. The van der Waals surface area contributed by atoms with Gasteiger partial charge >= 0.3 is 0 Å². The third-order valence-corrected chi connectivity index (χ3v) is 7.40. The Morgan fingerprint density at radius 1 is 0.921 bits per heavy atom. The molecule has 5 nitrogen and oxygen atoms in total. The normalized spacial score (nSPS) is 14.3. The molecule has 3 aromatic carbocycles. The van der Waals surface area contributed by atoms with Crippen LogP contribution in [0.5, 0.6) is 5.75 Å². The molecule has 38 heavy (non-hydrogen) atoms. The number of hydrogen-bond acceptors (Lipinski definition) is 3. The van der Waals surface area contributed by atoms with Gasteiger partial charge in [0.15, 0.2) is 6.61 Å². The molecule has 0 aliphatic heterocycles. The average Bonchev–Trinajstić information content (AvgIpc) is 3.44. The van der Waals surface area contributed by atoms with E-state index in [4.69, 9.17) is 16.3 Å². The van der Waals surface area contributed by atoms with Crippen LogP contribution in [0.1, 0.15) is 62.1 Å². The Bertz CT molecular complexity index is 1170. The van der Waals surface area contributed by atoms with E-state index < -0.39 is 6.04 Å². The molecule has 0 radical (unpaired) electrons. The second-order valence-electron chi connectivity index (χ2n) is 10.4. The van der Waals surface area contributed by atoms with E-state index in [1.54, 1.807) is 17.0 Å². The van der Waals surface area contributed by atoms with Crippen molar-refractivity contribution in [3.8, 4) is 5.75 Å². The first-order chi connectivity index (χ1) is 18.4. The second-order valence-corrected chi connectivity index (χ2v) is 10.8. The van der Waals surface area contributed by atoms with E-state index in [1.807, 2.05) is 66.7 Å². The minimum atomic E-state index is -0.673. The lowest BCUT2D eigenvalue weighted by Crippen LogP contribution is -2.53. The summed E-state index contributed by atoms with van der Waals surface area (Å²) in [6.07, 6.45) is 4.60. The lowest BCUT2D eigenvalue weighted by molar-refractivity contribution is -0.143. The number of benzene rings is 3. The predicted octanol–water partition coefficient (Wildman–Crippen LogP) is 6.54. The molecule has 0 spiro atoms. The Kier molecular flexibility index (Phi) is 9.83. The summed E-state index contributed by atoms with van der Waals surface area (Å²) >= 11 is 6.11. The molecule has 1 unspecified atom stereocenters. The van der Waals surface area contributed by atoms with Crippen molar-refractivity contribution in [2.45, 2.75) is 70.5 Å². The highest BCUT2D eigenvalue weighted by Crippen LogP contribution is 2.22. The number of nitrogens with zero attached hydrogens (tertiary/aromatic N) is 1. The summed E-state index contributed by atoms with van der Waals surface area (Å²) in [5.41, 5.74) is 3.11. The maximum atomic E-state index is 13.7. The molecule has 1 saturated carbocycles. The summed E-state index contributed by atoms with van der Waals surface area (Å²) < 4.78 is 5.91. The van der Waals surface area contributed by atoms with Gasteiger partial charge in [0, 0.05) is 24.0 Å². The summed E-state index contributed by atoms with van der Waals surface area (Å²) in [5, 5.41) is 3.85. The first kappa shape index (κ1) is 27.7. The van der Waals surface area contributed by atoms with Gasteiger partial charge in [-0.3, -0.25) is 9.59 Å². The van der Waals surface area contributed by atoms with Gasteiger partial charge in [-0.25, -0.2) is 0 Å². The van der Waals surface area contributed by atoms with Crippen molar-refractivity contribution >= 4 is 23.4 Å². The van der Waals surface area contributed by atoms with Gasteiger partial charge in [0.2, 0.25) is 5.91 Å². The van der Waals surface area contributed by atoms with E-state index in [9.17, 15) is 9.59 Å². The van der Waals surface area contributed by atoms with Crippen molar-refractivity contribution in [2.24, 2.45) is 0 Å². The number of carbonyl (C=O) groups is 2. The average molecular weight is 533 g/mol. The molecule has 0 bridgehead atoms. The predicted molar refractivity (Wildman–Crippen MR) is 152 cm³/mol. The highest BCUT2D eigenvalue weighted by molar-refractivity contribution is 6.30. The van der Waals surface area contributed by atoms with Crippen LogP contribution >= 0.6 is 11.6 Å². The van der Waals surface area contributed by atoms with E-state index in [2.05, 4.69) is 19.2 Å². The van der Waals surface area contributed by atoms with E-state index in [1.165, 1.54) is 5.56 Å². The zero-order valence-corrected chi connectivity index (χ0v) is 23.0. The van der Waals surface area contributed by atoms with E-state index in [0.29, 0.717) is 23.1 Å². The van der Waals surface area contributed by atoms with Gasteiger partial charge in [-0.1, -0.05) is 92.9 Å². The van der Waals surface area contributed by atoms with Gasteiger partial charge < -0.3 is 15.0 Å². The Hall–Kier alpha value is -3.31. The summed E-state index contributed by atoms with van der Waals surface area (Å²) in [4.78, 5) is 29.1. The molecular weight excluding hydrogens is 496 g/mol. The lowest BCUT2D eigenvalue weighted by atomic mass is 10.0. The van der Waals surface area contributed by atoms with Gasteiger partial charge in [0.1, 0.15) is 11.8 Å². The van der Waals surface area contributed by atoms with Crippen LogP contribution in [0.15, 0.2) is 78.9 Å². The van der Waals surface area contributed by atoms with Crippen LogP contribution in [0, 0.1) is 0 Å². The van der Waals surface area contributed by atoms with Gasteiger partial charge in [-0.15, -0.1) is 0 Å². The molecule has 2 amide bonds. The van der Waals surface area contributed by atoms with Gasteiger partial charge in [0.05, 0.1) is 0 Å². The van der Waals surface area contributed by atoms with Crippen molar-refractivity contribution < 1.29 is 14.3 Å². The van der Waals surface area contributed by atoms with Crippen LogP contribution in [-0.4, -0.2) is 35.4 Å². The minimum Gasteiger partial charge on any atom is -0.484 e. The number of ether oxygens (including phenoxy) is 1. The Morgan fingerprint density at radius 3 is 2.21 bits per heavy atom. The fraction of sp³-hybridized carbons (Fsp3) is 0.375. The number of rotatable bonds is 11.